The van der Waals surface area contributed by atoms with E-state index in [0.717, 1.165) is 37.9 Å². The van der Waals surface area contributed by atoms with Crippen LogP contribution in [-0.2, 0) is 4.79 Å². The molecule has 2 saturated heterocycles. The molecule has 96 valence electrons. The van der Waals surface area contributed by atoms with E-state index < -0.39 is 0 Å². The van der Waals surface area contributed by atoms with Crippen LogP contribution in [0, 0.1) is 11.8 Å². The third-order valence-corrected chi connectivity index (χ3v) is 4.78. The van der Waals surface area contributed by atoms with Gasteiger partial charge in [0.1, 0.15) is 0 Å². The first-order valence-electron chi connectivity index (χ1n) is 7.32. The van der Waals surface area contributed by atoms with Crippen LogP contribution in [0.1, 0.15) is 44.9 Å². The highest BCUT2D eigenvalue weighted by Crippen LogP contribution is 2.34. The van der Waals surface area contributed by atoms with Gasteiger partial charge in [-0.15, -0.1) is 0 Å². The fraction of sp³-hybridized carbons (Fsp3) is 0.929. The first-order valence-corrected chi connectivity index (χ1v) is 7.32. The molecule has 1 amide bonds. The summed E-state index contributed by atoms with van der Waals surface area (Å²) in [6, 6.07) is 0.462. The van der Waals surface area contributed by atoms with Crippen molar-refractivity contribution >= 4 is 5.91 Å². The van der Waals surface area contributed by atoms with E-state index in [-0.39, 0.29) is 0 Å². The average molecular weight is 236 g/mol. The zero-order valence-electron chi connectivity index (χ0n) is 10.7. The minimum Gasteiger partial charge on any atom is -0.342 e. The van der Waals surface area contributed by atoms with Gasteiger partial charge in [-0.05, 0) is 50.5 Å². The Balaban J connectivity index is 1.54. The molecule has 3 aliphatic rings. The van der Waals surface area contributed by atoms with Crippen LogP contribution < -0.4 is 5.32 Å². The zero-order chi connectivity index (χ0) is 11.7. The first kappa shape index (κ1) is 11.5. The zero-order valence-corrected chi connectivity index (χ0v) is 10.7. The monoisotopic (exact) mass is 236 g/mol. The van der Waals surface area contributed by atoms with Gasteiger partial charge in [0.15, 0.2) is 0 Å². The van der Waals surface area contributed by atoms with Crippen LogP contribution in [0.5, 0.6) is 0 Å². The van der Waals surface area contributed by atoms with Gasteiger partial charge in [-0.25, -0.2) is 0 Å². The summed E-state index contributed by atoms with van der Waals surface area (Å²) in [6.45, 7) is 3.19. The highest BCUT2D eigenvalue weighted by molar-refractivity contribution is 5.77. The highest BCUT2D eigenvalue weighted by atomic mass is 16.2. The number of likely N-dealkylation sites (tertiary alicyclic amines) is 1. The Bertz CT molecular complexity index is 274. The Hall–Kier alpha value is -0.570. The number of fused-ring (bicyclic) bond motifs is 2. The van der Waals surface area contributed by atoms with Crippen molar-refractivity contribution < 1.29 is 4.79 Å². The van der Waals surface area contributed by atoms with Gasteiger partial charge in [0.2, 0.25) is 5.91 Å². The molecule has 17 heavy (non-hydrogen) atoms. The first-order chi connectivity index (χ1) is 8.31. The van der Waals surface area contributed by atoms with Gasteiger partial charge in [-0.1, -0.05) is 6.42 Å². The fourth-order valence-electron chi connectivity index (χ4n) is 3.91. The molecule has 3 rings (SSSR count). The van der Waals surface area contributed by atoms with Gasteiger partial charge >= 0.3 is 0 Å². The van der Waals surface area contributed by atoms with Crippen molar-refractivity contribution in [2.24, 2.45) is 11.8 Å². The molecule has 3 nitrogen and oxygen atoms in total. The third-order valence-electron chi connectivity index (χ3n) is 4.78. The van der Waals surface area contributed by atoms with Crippen molar-refractivity contribution in [2.75, 3.05) is 19.6 Å². The molecule has 2 bridgehead atoms. The molecule has 2 heterocycles. The smallest absolute Gasteiger partial charge is 0.224 e. The quantitative estimate of drug-likeness (QED) is 0.792. The minimum atomic E-state index is 0.404. The van der Waals surface area contributed by atoms with E-state index in [2.05, 4.69) is 10.2 Å². The maximum Gasteiger partial charge on any atom is 0.224 e. The molecule has 0 aromatic rings. The van der Waals surface area contributed by atoms with E-state index in [0.29, 0.717) is 11.9 Å². The van der Waals surface area contributed by atoms with E-state index >= 15 is 0 Å². The lowest BCUT2D eigenvalue weighted by molar-refractivity contribution is -0.135. The molecule has 0 aromatic heterocycles. The lowest BCUT2D eigenvalue weighted by Gasteiger charge is -2.41. The SMILES string of the molecule is O=C(CC1CCCN1)N1CC2CCCC(C2)C1. The molecule has 0 spiro atoms. The maximum absolute atomic E-state index is 12.3. The van der Waals surface area contributed by atoms with Crippen LogP contribution in [-0.4, -0.2) is 36.5 Å². The number of carbonyl (C=O) groups is 1. The largest absolute Gasteiger partial charge is 0.342 e. The van der Waals surface area contributed by atoms with Gasteiger partial charge < -0.3 is 10.2 Å². The van der Waals surface area contributed by atoms with Crippen molar-refractivity contribution in [3.05, 3.63) is 0 Å². The fourth-order valence-corrected chi connectivity index (χ4v) is 3.91. The number of amides is 1. The van der Waals surface area contributed by atoms with Gasteiger partial charge in [0.05, 0.1) is 0 Å². The number of piperidine rings is 1. The summed E-state index contributed by atoms with van der Waals surface area (Å²) in [7, 11) is 0. The molecule has 1 N–H and O–H groups in total. The molecule has 3 heteroatoms. The van der Waals surface area contributed by atoms with E-state index in [1.54, 1.807) is 0 Å². The Morgan fingerprint density at radius 1 is 1.12 bits per heavy atom. The highest BCUT2D eigenvalue weighted by Gasteiger charge is 2.33. The van der Waals surface area contributed by atoms with Crippen molar-refractivity contribution in [3.8, 4) is 0 Å². The summed E-state index contributed by atoms with van der Waals surface area (Å²) in [4.78, 5) is 14.4. The van der Waals surface area contributed by atoms with Crippen LogP contribution in [0.3, 0.4) is 0 Å². The van der Waals surface area contributed by atoms with Crippen LogP contribution in [0.25, 0.3) is 0 Å². The topological polar surface area (TPSA) is 32.3 Å². The van der Waals surface area contributed by atoms with Gasteiger partial charge in [-0.2, -0.15) is 0 Å². The normalized spacial score (nSPS) is 37.2. The lowest BCUT2D eigenvalue weighted by Crippen LogP contribution is -2.47. The second-order valence-corrected chi connectivity index (χ2v) is 6.19. The number of nitrogens with one attached hydrogen (secondary N) is 1. The van der Waals surface area contributed by atoms with Gasteiger partial charge in [-0.3, -0.25) is 4.79 Å². The summed E-state index contributed by atoms with van der Waals surface area (Å²) >= 11 is 0. The maximum atomic E-state index is 12.3. The minimum absolute atomic E-state index is 0.404. The van der Waals surface area contributed by atoms with Crippen LogP contribution in [0.2, 0.25) is 0 Å². The molecule has 3 unspecified atom stereocenters. The Labute approximate surface area is 104 Å². The molecular weight excluding hydrogens is 212 g/mol. The van der Waals surface area contributed by atoms with E-state index in [4.69, 9.17) is 0 Å². The van der Waals surface area contributed by atoms with Crippen molar-refractivity contribution in [2.45, 2.75) is 51.0 Å². The standard InChI is InChI=1S/C14H24N2O/c17-14(8-13-5-2-6-15-13)16-9-11-3-1-4-12(7-11)10-16/h11-13,15H,1-10H2. The number of hydrogen-bond acceptors (Lipinski definition) is 2. The Morgan fingerprint density at radius 3 is 2.53 bits per heavy atom. The molecule has 3 fully saturated rings. The van der Waals surface area contributed by atoms with Crippen LogP contribution in [0.15, 0.2) is 0 Å². The van der Waals surface area contributed by atoms with Crippen LogP contribution >= 0.6 is 0 Å². The second kappa shape index (κ2) is 4.97. The molecule has 0 aromatic carbocycles. The summed E-state index contributed by atoms with van der Waals surface area (Å²) in [5.41, 5.74) is 0. The van der Waals surface area contributed by atoms with Crippen molar-refractivity contribution in [1.29, 1.82) is 0 Å². The molecule has 0 radical (unpaired) electrons. The molecule has 1 saturated carbocycles. The summed E-state index contributed by atoms with van der Waals surface area (Å²) < 4.78 is 0. The van der Waals surface area contributed by atoms with Crippen molar-refractivity contribution in [3.63, 3.8) is 0 Å². The predicted octanol–water partition coefficient (Wildman–Crippen LogP) is 1.78. The summed E-state index contributed by atoms with van der Waals surface area (Å²) in [6.07, 6.45) is 8.63. The van der Waals surface area contributed by atoms with E-state index in [1.807, 2.05) is 0 Å². The Morgan fingerprint density at radius 2 is 1.88 bits per heavy atom. The molecular formula is C14H24N2O. The number of nitrogens with zero attached hydrogens (tertiary/aromatic N) is 1. The van der Waals surface area contributed by atoms with Crippen LogP contribution in [0.4, 0.5) is 0 Å². The molecule has 1 aliphatic carbocycles. The summed E-state index contributed by atoms with van der Waals surface area (Å²) in [5.74, 6) is 2.02. The average Bonchev–Trinajstić information content (AvgIpc) is 2.81. The van der Waals surface area contributed by atoms with Crippen molar-refractivity contribution in [1.82, 2.24) is 10.2 Å². The van der Waals surface area contributed by atoms with E-state index in [1.165, 1.54) is 38.5 Å². The van der Waals surface area contributed by atoms with Gasteiger partial charge in [0, 0.05) is 25.6 Å². The third kappa shape index (κ3) is 2.65. The Kier molecular flexibility index (Phi) is 3.37. The predicted molar refractivity (Wildman–Crippen MR) is 67.7 cm³/mol. The molecule has 2 aliphatic heterocycles. The number of rotatable bonds is 2. The van der Waals surface area contributed by atoms with E-state index in [9.17, 15) is 4.79 Å². The molecule has 3 atom stereocenters. The van der Waals surface area contributed by atoms with Gasteiger partial charge in [0.25, 0.3) is 0 Å². The number of hydrogen-bond donors (Lipinski definition) is 1. The second-order valence-electron chi connectivity index (χ2n) is 6.19. The number of carbonyl (C=O) groups excluding carboxylic acids is 1. The summed E-state index contributed by atoms with van der Waals surface area (Å²) in [5, 5.41) is 3.43. The lowest BCUT2D eigenvalue weighted by atomic mass is 9.78.